The number of nitrogens with one attached hydrogen (secondary N) is 1. The SMILES string of the molecule is C[C@@H]1C(=O)N(c2ccc3c(c2)OCO3)CCN1C(=O)Nc1ccccc1. The lowest BCUT2D eigenvalue weighted by atomic mass is 10.1. The second-order valence-electron chi connectivity index (χ2n) is 6.19. The van der Waals surface area contributed by atoms with Crippen molar-refractivity contribution in [1.29, 1.82) is 0 Å². The van der Waals surface area contributed by atoms with Crippen LogP contribution >= 0.6 is 0 Å². The Morgan fingerprint density at radius 2 is 1.85 bits per heavy atom. The third-order valence-corrected chi connectivity index (χ3v) is 4.61. The second kappa shape index (κ2) is 6.59. The first-order chi connectivity index (χ1) is 12.6. The Morgan fingerprint density at radius 1 is 1.08 bits per heavy atom. The third kappa shape index (κ3) is 2.92. The van der Waals surface area contributed by atoms with Crippen LogP contribution in [0.25, 0.3) is 0 Å². The number of ether oxygens (including phenoxy) is 2. The molecule has 7 nitrogen and oxygen atoms in total. The van der Waals surface area contributed by atoms with Crippen molar-refractivity contribution in [3.8, 4) is 11.5 Å². The summed E-state index contributed by atoms with van der Waals surface area (Å²) < 4.78 is 10.7. The largest absolute Gasteiger partial charge is 0.454 e. The lowest BCUT2D eigenvalue weighted by Crippen LogP contribution is -2.58. The molecule has 0 unspecified atom stereocenters. The summed E-state index contributed by atoms with van der Waals surface area (Å²) in [5, 5.41) is 2.83. The number of anilines is 2. The molecule has 2 aliphatic heterocycles. The molecule has 134 valence electrons. The minimum atomic E-state index is -0.558. The van der Waals surface area contributed by atoms with E-state index < -0.39 is 6.04 Å². The van der Waals surface area contributed by atoms with Gasteiger partial charge in [0.05, 0.1) is 0 Å². The predicted octanol–water partition coefficient (Wildman–Crippen LogP) is 2.68. The summed E-state index contributed by atoms with van der Waals surface area (Å²) in [6, 6.07) is 13.8. The van der Waals surface area contributed by atoms with E-state index in [2.05, 4.69) is 5.32 Å². The van der Waals surface area contributed by atoms with Crippen LogP contribution in [0.1, 0.15) is 6.92 Å². The van der Waals surface area contributed by atoms with E-state index in [0.717, 1.165) is 5.69 Å². The zero-order valence-corrected chi connectivity index (χ0v) is 14.3. The summed E-state index contributed by atoms with van der Waals surface area (Å²) >= 11 is 0. The molecule has 2 aromatic carbocycles. The van der Waals surface area contributed by atoms with E-state index >= 15 is 0 Å². The fourth-order valence-electron chi connectivity index (χ4n) is 3.17. The Labute approximate surface area is 151 Å². The average molecular weight is 353 g/mol. The highest BCUT2D eigenvalue weighted by Gasteiger charge is 2.35. The van der Waals surface area contributed by atoms with E-state index in [-0.39, 0.29) is 18.7 Å². The Balaban J connectivity index is 1.47. The highest BCUT2D eigenvalue weighted by molar-refractivity contribution is 6.02. The Morgan fingerprint density at radius 3 is 2.65 bits per heavy atom. The van der Waals surface area contributed by atoms with E-state index in [1.54, 1.807) is 28.9 Å². The minimum Gasteiger partial charge on any atom is -0.454 e. The standard InChI is InChI=1S/C19H19N3O4/c1-13-18(23)22(15-7-8-16-17(11-15)26-12-25-16)10-9-21(13)19(24)20-14-5-3-2-4-6-14/h2-8,11,13H,9-10,12H2,1H3,(H,20,24)/t13-/m1/s1. The van der Waals surface area contributed by atoms with Gasteiger partial charge < -0.3 is 24.6 Å². The van der Waals surface area contributed by atoms with Crippen molar-refractivity contribution >= 4 is 23.3 Å². The van der Waals surface area contributed by atoms with Gasteiger partial charge in [-0.15, -0.1) is 0 Å². The number of hydrogen-bond donors (Lipinski definition) is 1. The van der Waals surface area contributed by atoms with Crippen LogP contribution < -0.4 is 19.7 Å². The number of rotatable bonds is 2. The second-order valence-corrected chi connectivity index (χ2v) is 6.19. The number of benzene rings is 2. The molecule has 1 saturated heterocycles. The maximum Gasteiger partial charge on any atom is 0.322 e. The number of para-hydroxylation sites is 1. The number of carbonyl (C=O) groups excluding carboxylic acids is 2. The molecule has 1 fully saturated rings. The maximum absolute atomic E-state index is 12.8. The number of fused-ring (bicyclic) bond motifs is 1. The summed E-state index contributed by atoms with van der Waals surface area (Å²) in [6.07, 6.45) is 0. The zero-order valence-electron chi connectivity index (χ0n) is 14.3. The topological polar surface area (TPSA) is 71.1 Å². The van der Waals surface area contributed by atoms with Crippen LogP contribution in [-0.4, -0.2) is 42.8 Å². The van der Waals surface area contributed by atoms with Crippen molar-refractivity contribution < 1.29 is 19.1 Å². The van der Waals surface area contributed by atoms with Crippen LogP contribution in [-0.2, 0) is 4.79 Å². The first-order valence-electron chi connectivity index (χ1n) is 8.47. The molecule has 0 saturated carbocycles. The van der Waals surface area contributed by atoms with E-state index in [1.165, 1.54) is 0 Å². The Bertz CT molecular complexity index is 840. The molecule has 1 atom stereocenters. The highest BCUT2D eigenvalue weighted by Crippen LogP contribution is 2.36. The van der Waals surface area contributed by atoms with Gasteiger partial charge in [-0.25, -0.2) is 4.79 Å². The normalized spacial score (nSPS) is 18.8. The third-order valence-electron chi connectivity index (χ3n) is 4.61. The lowest BCUT2D eigenvalue weighted by molar-refractivity contribution is -0.123. The van der Waals surface area contributed by atoms with Crippen molar-refractivity contribution in [3.05, 3.63) is 48.5 Å². The molecule has 0 bridgehead atoms. The van der Waals surface area contributed by atoms with Crippen molar-refractivity contribution in [2.75, 3.05) is 30.1 Å². The molecule has 1 N–H and O–H groups in total. The Hall–Kier alpha value is -3.22. The van der Waals surface area contributed by atoms with E-state index in [9.17, 15) is 9.59 Å². The molecule has 2 aromatic rings. The predicted molar refractivity (Wildman–Crippen MR) is 96.5 cm³/mol. The minimum absolute atomic E-state index is 0.127. The number of hydrogen-bond acceptors (Lipinski definition) is 4. The molecule has 26 heavy (non-hydrogen) atoms. The lowest BCUT2D eigenvalue weighted by Gasteiger charge is -2.39. The summed E-state index contributed by atoms with van der Waals surface area (Å²) in [4.78, 5) is 28.6. The van der Waals surface area contributed by atoms with E-state index in [0.29, 0.717) is 30.3 Å². The van der Waals surface area contributed by atoms with Crippen LogP contribution in [0.5, 0.6) is 11.5 Å². The van der Waals surface area contributed by atoms with E-state index in [1.807, 2.05) is 36.4 Å². The molecule has 0 radical (unpaired) electrons. The maximum atomic E-state index is 12.8. The number of piperazine rings is 1. The van der Waals surface area contributed by atoms with Gasteiger partial charge in [0.2, 0.25) is 12.7 Å². The van der Waals surface area contributed by atoms with E-state index in [4.69, 9.17) is 9.47 Å². The smallest absolute Gasteiger partial charge is 0.322 e. The number of amides is 3. The summed E-state index contributed by atoms with van der Waals surface area (Å²) in [5.41, 5.74) is 1.45. The molecular weight excluding hydrogens is 334 g/mol. The molecule has 4 rings (SSSR count). The van der Waals surface area contributed by atoms with Gasteiger partial charge >= 0.3 is 6.03 Å². The van der Waals surface area contributed by atoms with Gasteiger partial charge in [0.15, 0.2) is 11.5 Å². The van der Waals surface area contributed by atoms with Gasteiger partial charge in [0.1, 0.15) is 6.04 Å². The van der Waals surface area contributed by atoms with Gasteiger partial charge in [-0.05, 0) is 31.2 Å². The highest BCUT2D eigenvalue weighted by atomic mass is 16.7. The molecule has 0 aliphatic carbocycles. The molecular formula is C19H19N3O4. The van der Waals surface area contributed by atoms with Gasteiger partial charge in [-0.3, -0.25) is 4.79 Å². The van der Waals surface area contributed by atoms with Crippen LogP contribution in [0.15, 0.2) is 48.5 Å². The van der Waals surface area contributed by atoms with Crippen LogP contribution in [0.3, 0.4) is 0 Å². The molecule has 2 heterocycles. The monoisotopic (exact) mass is 353 g/mol. The van der Waals surface area contributed by atoms with Gasteiger partial charge in [-0.2, -0.15) is 0 Å². The first-order valence-corrected chi connectivity index (χ1v) is 8.47. The van der Waals surface area contributed by atoms with Crippen LogP contribution in [0, 0.1) is 0 Å². The van der Waals surface area contributed by atoms with Crippen LogP contribution in [0.4, 0.5) is 16.2 Å². The quantitative estimate of drug-likeness (QED) is 0.901. The average Bonchev–Trinajstić information content (AvgIpc) is 3.12. The van der Waals surface area contributed by atoms with Gasteiger partial charge in [0.25, 0.3) is 0 Å². The zero-order chi connectivity index (χ0) is 18.1. The molecule has 0 spiro atoms. The first kappa shape index (κ1) is 16.3. The molecule has 0 aromatic heterocycles. The van der Waals surface area contributed by atoms with Crippen molar-refractivity contribution in [2.24, 2.45) is 0 Å². The molecule has 2 aliphatic rings. The Kier molecular flexibility index (Phi) is 4.12. The fraction of sp³-hybridized carbons (Fsp3) is 0.263. The number of carbonyl (C=O) groups is 2. The van der Waals surface area contributed by atoms with Crippen LogP contribution in [0.2, 0.25) is 0 Å². The number of urea groups is 1. The fourth-order valence-corrected chi connectivity index (χ4v) is 3.17. The van der Waals surface area contributed by atoms with Gasteiger partial charge in [0, 0.05) is 30.5 Å². The summed E-state index contributed by atoms with van der Waals surface area (Å²) in [6.45, 7) is 2.80. The number of nitrogens with zero attached hydrogens (tertiary/aromatic N) is 2. The summed E-state index contributed by atoms with van der Waals surface area (Å²) in [7, 11) is 0. The van der Waals surface area contributed by atoms with Crippen molar-refractivity contribution in [1.82, 2.24) is 4.90 Å². The van der Waals surface area contributed by atoms with Crippen molar-refractivity contribution in [3.63, 3.8) is 0 Å². The van der Waals surface area contributed by atoms with Crippen molar-refractivity contribution in [2.45, 2.75) is 13.0 Å². The molecule has 3 amide bonds. The summed E-state index contributed by atoms with van der Waals surface area (Å²) in [5.74, 6) is 1.18. The van der Waals surface area contributed by atoms with Gasteiger partial charge in [-0.1, -0.05) is 18.2 Å². The molecule has 7 heteroatoms.